The quantitative estimate of drug-likeness (QED) is 0.583. The molecule has 1 saturated carbocycles. The van der Waals surface area contributed by atoms with Crippen molar-refractivity contribution in [3.8, 4) is 0 Å². The van der Waals surface area contributed by atoms with E-state index in [1.807, 2.05) is 7.05 Å². The van der Waals surface area contributed by atoms with E-state index in [2.05, 4.69) is 41.4 Å². The first-order valence-electron chi connectivity index (χ1n) is 9.66. The van der Waals surface area contributed by atoms with Gasteiger partial charge in [-0.1, -0.05) is 26.7 Å². The van der Waals surface area contributed by atoms with Crippen LogP contribution in [0, 0.1) is 17.3 Å². The Morgan fingerprint density at radius 3 is 2.39 bits per heavy atom. The summed E-state index contributed by atoms with van der Waals surface area (Å²) in [6, 6.07) is 0. The molecule has 1 aliphatic heterocycles. The Bertz CT molecular complexity index is 364. The SMILES string of the molecule is CN=C(NCC1CCN(C)CC1)NCC1(CC(C)C)CCCC1. The van der Waals surface area contributed by atoms with Crippen LogP contribution in [-0.2, 0) is 0 Å². The average molecular weight is 323 g/mol. The Labute approximate surface area is 143 Å². The summed E-state index contributed by atoms with van der Waals surface area (Å²) in [5.41, 5.74) is 0.499. The number of nitrogens with one attached hydrogen (secondary N) is 2. The smallest absolute Gasteiger partial charge is 0.191 e. The Balaban J connectivity index is 1.75. The lowest BCUT2D eigenvalue weighted by atomic mass is 9.78. The zero-order chi connectivity index (χ0) is 16.7. The summed E-state index contributed by atoms with van der Waals surface area (Å²) in [5.74, 6) is 2.57. The van der Waals surface area contributed by atoms with Gasteiger partial charge in [0, 0.05) is 20.1 Å². The van der Waals surface area contributed by atoms with E-state index in [0.29, 0.717) is 5.41 Å². The first kappa shape index (κ1) is 18.6. The molecule has 134 valence electrons. The highest BCUT2D eigenvalue weighted by molar-refractivity contribution is 5.79. The molecule has 2 N–H and O–H groups in total. The third-order valence-corrected chi connectivity index (χ3v) is 5.76. The number of hydrogen-bond acceptors (Lipinski definition) is 2. The highest BCUT2D eigenvalue weighted by atomic mass is 15.2. The van der Waals surface area contributed by atoms with Gasteiger partial charge >= 0.3 is 0 Å². The normalized spacial score (nSPS) is 23.4. The number of hydrogen-bond donors (Lipinski definition) is 2. The summed E-state index contributed by atoms with van der Waals surface area (Å²) >= 11 is 0. The minimum atomic E-state index is 0.499. The monoisotopic (exact) mass is 322 g/mol. The molecule has 0 radical (unpaired) electrons. The topological polar surface area (TPSA) is 39.7 Å². The molecule has 0 aromatic rings. The lowest BCUT2D eigenvalue weighted by Crippen LogP contribution is -2.45. The predicted octanol–water partition coefficient (Wildman–Crippen LogP) is 3.10. The van der Waals surface area contributed by atoms with Gasteiger partial charge in [-0.25, -0.2) is 0 Å². The first-order valence-corrected chi connectivity index (χ1v) is 9.66. The van der Waals surface area contributed by atoms with Crippen LogP contribution in [0.2, 0.25) is 0 Å². The zero-order valence-corrected chi connectivity index (χ0v) is 15.8. The number of likely N-dealkylation sites (tertiary alicyclic amines) is 1. The zero-order valence-electron chi connectivity index (χ0n) is 15.8. The third-order valence-electron chi connectivity index (χ3n) is 5.76. The van der Waals surface area contributed by atoms with Gasteiger partial charge in [0.2, 0.25) is 0 Å². The third kappa shape index (κ3) is 5.98. The summed E-state index contributed by atoms with van der Waals surface area (Å²) < 4.78 is 0. The average Bonchev–Trinajstić information content (AvgIpc) is 2.97. The van der Waals surface area contributed by atoms with E-state index in [9.17, 15) is 0 Å². The number of piperidine rings is 1. The van der Waals surface area contributed by atoms with Crippen molar-refractivity contribution in [3.63, 3.8) is 0 Å². The van der Waals surface area contributed by atoms with Crippen LogP contribution >= 0.6 is 0 Å². The van der Waals surface area contributed by atoms with Crippen molar-refractivity contribution < 1.29 is 0 Å². The maximum absolute atomic E-state index is 4.44. The number of guanidine groups is 1. The van der Waals surface area contributed by atoms with Crippen molar-refractivity contribution in [2.45, 2.75) is 58.8 Å². The maximum Gasteiger partial charge on any atom is 0.191 e. The summed E-state index contributed by atoms with van der Waals surface area (Å²) in [6.07, 6.45) is 9.50. The van der Waals surface area contributed by atoms with Gasteiger partial charge in [0.05, 0.1) is 0 Å². The molecule has 0 amide bonds. The molecule has 23 heavy (non-hydrogen) atoms. The summed E-state index contributed by atoms with van der Waals surface area (Å²) in [5, 5.41) is 7.20. The van der Waals surface area contributed by atoms with Crippen LogP contribution in [0.15, 0.2) is 4.99 Å². The molecular weight excluding hydrogens is 284 g/mol. The van der Waals surface area contributed by atoms with Gasteiger partial charge in [-0.05, 0) is 69.5 Å². The van der Waals surface area contributed by atoms with Gasteiger partial charge in [-0.2, -0.15) is 0 Å². The fourth-order valence-electron chi connectivity index (χ4n) is 4.44. The Kier molecular flexibility index (Phi) is 7.19. The van der Waals surface area contributed by atoms with Gasteiger partial charge in [0.1, 0.15) is 0 Å². The Morgan fingerprint density at radius 1 is 1.17 bits per heavy atom. The number of aliphatic imine (C=N–C) groups is 1. The van der Waals surface area contributed by atoms with E-state index in [4.69, 9.17) is 0 Å². The lowest BCUT2D eigenvalue weighted by molar-refractivity contribution is 0.219. The largest absolute Gasteiger partial charge is 0.356 e. The van der Waals surface area contributed by atoms with Crippen LogP contribution < -0.4 is 10.6 Å². The fourth-order valence-corrected chi connectivity index (χ4v) is 4.44. The molecule has 0 unspecified atom stereocenters. The standard InChI is InChI=1S/C19H38N4/c1-16(2)13-19(9-5-6-10-19)15-22-18(20-3)21-14-17-7-11-23(4)12-8-17/h16-17H,5-15H2,1-4H3,(H2,20,21,22). The van der Waals surface area contributed by atoms with Crippen molar-refractivity contribution in [2.24, 2.45) is 22.2 Å². The molecule has 4 nitrogen and oxygen atoms in total. The number of rotatable bonds is 6. The molecule has 2 fully saturated rings. The van der Waals surface area contributed by atoms with Crippen LogP contribution in [-0.4, -0.2) is 51.1 Å². The second kappa shape index (κ2) is 8.91. The molecule has 0 atom stereocenters. The van der Waals surface area contributed by atoms with E-state index in [1.54, 1.807) is 0 Å². The number of nitrogens with zero attached hydrogens (tertiary/aromatic N) is 2. The van der Waals surface area contributed by atoms with Crippen molar-refractivity contribution in [1.82, 2.24) is 15.5 Å². The Hall–Kier alpha value is -0.770. The second-order valence-electron chi connectivity index (χ2n) is 8.36. The van der Waals surface area contributed by atoms with Gasteiger partial charge in [-0.15, -0.1) is 0 Å². The minimum absolute atomic E-state index is 0.499. The second-order valence-corrected chi connectivity index (χ2v) is 8.36. The van der Waals surface area contributed by atoms with Crippen LogP contribution in [0.4, 0.5) is 0 Å². The molecule has 0 aromatic heterocycles. The molecule has 1 aliphatic carbocycles. The van der Waals surface area contributed by atoms with Crippen LogP contribution in [0.1, 0.15) is 58.8 Å². The van der Waals surface area contributed by atoms with Gasteiger partial charge in [-0.3, -0.25) is 4.99 Å². The lowest BCUT2D eigenvalue weighted by Gasteiger charge is -2.32. The predicted molar refractivity (Wildman–Crippen MR) is 99.9 cm³/mol. The van der Waals surface area contributed by atoms with E-state index >= 15 is 0 Å². The summed E-state index contributed by atoms with van der Waals surface area (Å²) in [6.45, 7) is 9.31. The van der Waals surface area contributed by atoms with E-state index in [1.165, 1.54) is 58.0 Å². The molecule has 1 saturated heterocycles. The van der Waals surface area contributed by atoms with E-state index in [-0.39, 0.29) is 0 Å². The highest BCUT2D eigenvalue weighted by Gasteiger charge is 2.34. The molecule has 2 aliphatic rings. The molecule has 0 spiro atoms. The van der Waals surface area contributed by atoms with Gasteiger partial charge < -0.3 is 15.5 Å². The van der Waals surface area contributed by atoms with Gasteiger partial charge in [0.15, 0.2) is 5.96 Å². The first-order chi connectivity index (χ1) is 11.0. The van der Waals surface area contributed by atoms with Crippen molar-refractivity contribution in [2.75, 3.05) is 40.3 Å². The van der Waals surface area contributed by atoms with Crippen molar-refractivity contribution >= 4 is 5.96 Å². The Morgan fingerprint density at radius 2 is 1.83 bits per heavy atom. The minimum Gasteiger partial charge on any atom is -0.356 e. The molecule has 0 bridgehead atoms. The van der Waals surface area contributed by atoms with E-state index < -0.39 is 0 Å². The fraction of sp³-hybridized carbons (Fsp3) is 0.947. The van der Waals surface area contributed by atoms with Crippen LogP contribution in [0.25, 0.3) is 0 Å². The molecule has 2 rings (SSSR count). The molecule has 0 aromatic carbocycles. The summed E-state index contributed by atoms with van der Waals surface area (Å²) in [7, 11) is 4.12. The van der Waals surface area contributed by atoms with E-state index in [0.717, 1.165) is 30.9 Å². The van der Waals surface area contributed by atoms with Crippen molar-refractivity contribution in [3.05, 3.63) is 0 Å². The molecule has 4 heteroatoms. The van der Waals surface area contributed by atoms with Gasteiger partial charge in [0.25, 0.3) is 0 Å². The molecule has 1 heterocycles. The highest BCUT2D eigenvalue weighted by Crippen LogP contribution is 2.42. The van der Waals surface area contributed by atoms with Crippen molar-refractivity contribution in [1.29, 1.82) is 0 Å². The summed E-state index contributed by atoms with van der Waals surface area (Å²) in [4.78, 5) is 6.87. The molecular formula is C19H38N4. The van der Waals surface area contributed by atoms with Crippen LogP contribution in [0.3, 0.4) is 0 Å². The van der Waals surface area contributed by atoms with Crippen LogP contribution in [0.5, 0.6) is 0 Å². The maximum atomic E-state index is 4.44.